The number of hydrogen-bond donors (Lipinski definition) is 2. The Hall–Kier alpha value is -4.21. The van der Waals surface area contributed by atoms with Crippen LogP contribution in [0.15, 0.2) is 64.3 Å². The van der Waals surface area contributed by atoms with Crippen LogP contribution in [0, 0.1) is 5.82 Å². The van der Waals surface area contributed by atoms with Crippen LogP contribution in [0.3, 0.4) is 0 Å². The summed E-state index contributed by atoms with van der Waals surface area (Å²) in [6, 6.07) is 13.0. The Labute approximate surface area is 163 Å². The number of nitrogens with two attached hydrogens (primary N) is 2. The molecule has 0 spiro atoms. The van der Waals surface area contributed by atoms with Gasteiger partial charge in [-0.1, -0.05) is 10.3 Å². The maximum atomic E-state index is 13.0. The van der Waals surface area contributed by atoms with E-state index in [1.54, 1.807) is 24.3 Å². The number of amides is 1. The molecule has 0 saturated heterocycles. The quantitative estimate of drug-likeness (QED) is 0.267. The van der Waals surface area contributed by atoms with Crippen LogP contribution in [-0.4, -0.2) is 29.5 Å². The molecule has 3 rings (SSSR count). The molecule has 1 heterocycles. The number of benzene rings is 2. The molecule has 3 aromatic rings. The third-order valence-electron chi connectivity index (χ3n) is 3.61. The van der Waals surface area contributed by atoms with Crippen molar-refractivity contribution in [2.75, 3.05) is 6.61 Å². The Morgan fingerprint density at radius 1 is 1.07 bits per heavy atom. The van der Waals surface area contributed by atoms with Crippen LogP contribution in [0.1, 0.15) is 16.1 Å². The SMILES string of the molecule is NC(=O)COc1ccc(/C(N)=N/OC(=O)c2cc(-c3ccc(F)cc3)on2)cc1. The van der Waals surface area contributed by atoms with E-state index in [1.807, 2.05) is 0 Å². The molecule has 0 bridgehead atoms. The first-order valence-electron chi connectivity index (χ1n) is 8.21. The molecule has 0 atom stereocenters. The average molecular weight is 398 g/mol. The minimum atomic E-state index is -0.883. The molecule has 1 aromatic heterocycles. The normalized spacial score (nSPS) is 11.1. The molecule has 148 valence electrons. The molecular weight excluding hydrogens is 383 g/mol. The van der Waals surface area contributed by atoms with Gasteiger partial charge in [-0.25, -0.2) is 9.18 Å². The number of oxime groups is 1. The van der Waals surface area contributed by atoms with Gasteiger partial charge in [0, 0.05) is 17.2 Å². The lowest BCUT2D eigenvalue weighted by Gasteiger charge is -2.04. The number of halogens is 1. The molecule has 0 saturated carbocycles. The zero-order chi connectivity index (χ0) is 20.8. The molecule has 1 amide bonds. The third-order valence-corrected chi connectivity index (χ3v) is 3.61. The van der Waals surface area contributed by atoms with Gasteiger partial charge in [0.1, 0.15) is 11.6 Å². The van der Waals surface area contributed by atoms with E-state index in [-0.39, 0.29) is 23.9 Å². The largest absolute Gasteiger partial charge is 0.484 e. The molecule has 0 aliphatic heterocycles. The van der Waals surface area contributed by atoms with Crippen molar-refractivity contribution in [3.05, 3.63) is 71.7 Å². The third kappa shape index (κ3) is 5.16. The second-order valence-corrected chi connectivity index (χ2v) is 5.72. The Morgan fingerprint density at radius 2 is 1.76 bits per heavy atom. The Balaban J connectivity index is 1.62. The highest BCUT2D eigenvalue weighted by Gasteiger charge is 2.16. The lowest BCUT2D eigenvalue weighted by molar-refractivity contribution is -0.119. The molecule has 0 fully saturated rings. The van der Waals surface area contributed by atoms with Crippen molar-refractivity contribution >= 4 is 17.7 Å². The number of rotatable bonds is 7. The molecule has 9 nitrogen and oxygen atoms in total. The molecule has 10 heteroatoms. The zero-order valence-corrected chi connectivity index (χ0v) is 14.9. The fraction of sp³-hybridized carbons (Fsp3) is 0.0526. The first-order valence-corrected chi connectivity index (χ1v) is 8.21. The Kier molecular flexibility index (Phi) is 5.83. The highest BCUT2D eigenvalue weighted by Crippen LogP contribution is 2.21. The number of ether oxygens (including phenoxy) is 1. The minimum Gasteiger partial charge on any atom is -0.484 e. The van der Waals surface area contributed by atoms with E-state index in [1.165, 1.54) is 30.3 Å². The molecule has 0 unspecified atom stereocenters. The van der Waals surface area contributed by atoms with Crippen LogP contribution < -0.4 is 16.2 Å². The maximum absolute atomic E-state index is 13.0. The monoisotopic (exact) mass is 398 g/mol. The summed E-state index contributed by atoms with van der Waals surface area (Å²) >= 11 is 0. The van der Waals surface area contributed by atoms with Crippen LogP contribution in [0.2, 0.25) is 0 Å². The summed E-state index contributed by atoms with van der Waals surface area (Å²) in [4.78, 5) is 27.5. The van der Waals surface area contributed by atoms with Crippen LogP contribution in [-0.2, 0) is 9.63 Å². The summed E-state index contributed by atoms with van der Waals surface area (Å²) in [7, 11) is 0. The first-order chi connectivity index (χ1) is 13.9. The van der Waals surface area contributed by atoms with Gasteiger partial charge in [-0.15, -0.1) is 0 Å². The van der Waals surface area contributed by atoms with E-state index in [0.717, 1.165) is 0 Å². The summed E-state index contributed by atoms with van der Waals surface area (Å²) in [6.45, 7) is -0.252. The summed E-state index contributed by atoms with van der Waals surface area (Å²) in [5.74, 6) is -1.27. The summed E-state index contributed by atoms with van der Waals surface area (Å²) in [5.41, 5.74) is 11.6. The van der Waals surface area contributed by atoms with Gasteiger partial charge in [0.15, 0.2) is 23.9 Å². The van der Waals surface area contributed by atoms with Gasteiger partial charge in [-0.05, 0) is 48.5 Å². The second kappa shape index (κ2) is 8.65. The second-order valence-electron chi connectivity index (χ2n) is 5.72. The average Bonchev–Trinajstić information content (AvgIpc) is 3.21. The highest BCUT2D eigenvalue weighted by molar-refractivity contribution is 5.98. The van der Waals surface area contributed by atoms with E-state index in [4.69, 9.17) is 25.6 Å². The van der Waals surface area contributed by atoms with E-state index in [0.29, 0.717) is 16.9 Å². The predicted molar refractivity (Wildman–Crippen MR) is 99.2 cm³/mol. The molecule has 0 aliphatic rings. The summed E-state index contributed by atoms with van der Waals surface area (Å²) < 4.78 is 23.2. The molecule has 0 aliphatic carbocycles. The molecule has 2 aromatic carbocycles. The number of primary amides is 1. The Morgan fingerprint density at radius 3 is 2.41 bits per heavy atom. The van der Waals surface area contributed by atoms with Crippen molar-refractivity contribution in [2.24, 2.45) is 16.6 Å². The molecule has 29 heavy (non-hydrogen) atoms. The van der Waals surface area contributed by atoms with Gasteiger partial charge in [0.2, 0.25) is 0 Å². The number of hydrogen-bond acceptors (Lipinski definition) is 7. The van der Waals surface area contributed by atoms with Crippen molar-refractivity contribution in [3.8, 4) is 17.1 Å². The molecule has 0 radical (unpaired) electrons. The topological polar surface area (TPSA) is 143 Å². The molecular formula is C19H15FN4O5. The van der Waals surface area contributed by atoms with Gasteiger partial charge in [0.25, 0.3) is 5.91 Å². The van der Waals surface area contributed by atoms with E-state index in [2.05, 4.69) is 10.3 Å². The van der Waals surface area contributed by atoms with Gasteiger partial charge in [-0.3, -0.25) is 4.79 Å². The van der Waals surface area contributed by atoms with E-state index in [9.17, 15) is 14.0 Å². The lowest BCUT2D eigenvalue weighted by atomic mass is 10.1. The van der Waals surface area contributed by atoms with Gasteiger partial charge >= 0.3 is 5.97 Å². The van der Waals surface area contributed by atoms with Crippen molar-refractivity contribution in [1.82, 2.24) is 5.16 Å². The fourth-order valence-electron chi connectivity index (χ4n) is 2.19. The zero-order valence-electron chi connectivity index (χ0n) is 14.9. The number of carbonyl (C=O) groups is 2. The smallest absolute Gasteiger partial charge is 0.387 e. The maximum Gasteiger partial charge on any atom is 0.387 e. The number of amidine groups is 1. The lowest BCUT2D eigenvalue weighted by Crippen LogP contribution is -2.20. The van der Waals surface area contributed by atoms with E-state index < -0.39 is 17.7 Å². The van der Waals surface area contributed by atoms with Gasteiger partial charge < -0.3 is 25.6 Å². The summed E-state index contributed by atoms with van der Waals surface area (Å²) in [6.07, 6.45) is 0. The molecule has 4 N–H and O–H groups in total. The van der Waals surface area contributed by atoms with Crippen molar-refractivity contribution < 1.29 is 28.1 Å². The fourth-order valence-corrected chi connectivity index (χ4v) is 2.19. The number of aromatic nitrogens is 1. The van der Waals surface area contributed by atoms with Crippen molar-refractivity contribution in [2.45, 2.75) is 0 Å². The van der Waals surface area contributed by atoms with E-state index >= 15 is 0 Å². The van der Waals surface area contributed by atoms with Crippen LogP contribution in [0.4, 0.5) is 4.39 Å². The van der Waals surface area contributed by atoms with Crippen LogP contribution in [0.5, 0.6) is 5.75 Å². The van der Waals surface area contributed by atoms with Crippen LogP contribution in [0.25, 0.3) is 11.3 Å². The number of carbonyl (C=O) groups excluding carboxylic acids is 2. The van der Waals surface area contributed by atoms with Crippen LogP contribution >= 0.6 is 0 Å². The highest BCUT2D eigenvalue weighted by atomic mass is 19.1. The predicted octanol–water partition coefficient (Wildman–Crippen LogP) is 1.82. The minimum absolute atomic E-state index is 0.0675. The van der Waals surface area contributed by atoms with Crippen molar-refractivity contribution in [1.29, 1.82) is 0 Å². The number of nitrogens with zero attached hydrogens (tertiary/aromatic N) is 2. The van der Waals surface area contributed by atoms with Crippen molar-refractivity contribution in [3.63, 3.8) is 0 Å². The van der Waals surface area contributed by atoms with Gasteiger partial charge in [-0.2, -0.15) is 0 Å². The van der Waals surface area contributed by atoms with Gasteiger partial charge in [0.05, 0.1) is 0 Å². The first kappa shape index (κ1) is 19.5. The Bertz CT molecular complexity index is 1050. The standard InChI is InChI=1S/C19H15FN4O5/c20-13-5-1-11(2-6-13)16-9-15(23-28-16)19(26)29-24-18(22)12-3-7-14(8-4-12)27-10-17(21)25/h1-9H,10H2,(H2,21,25)(H2,22,24). The summed E-state index contributed by atoms with van der Waals surface area (Å²) in [5, 5.41) is 7.17.